The first-order valence-electron chi connectivity index (χ1n) is 6.23. The Morgan fingerprint density at radius 1 is 1.00 bits per heavy atom. The number of rotatable bonds is 5. The number of ether oxygens (including phenoxy) is 3. The molecule has 0 fully saturated rings. The van der Waals surface area contributed by atoms with Crippen molar-refractivity contribution in [1.82, 2.24) is 4.98 Å². The number of carbonyl (C=O) groups is 3. The highest BCUT2D eigenvalue weighted by Gasteiger charge is 2.17. The van der Waals surface area contributed by atoms with Crippen molar-refractivity contribution in [1.29, 1.82) is 0 Å². The molecule has 1 aromatic heterocycles. The van der Waals surface area contributed by atoms with Crippen molar-refractivity contribution < 1.29 is 28.6 Å². The molecule has 0 saturated heterocycles. The van der Waals surface area contributed by atoms with Crippen molar-refractivity contribution in [3.63, 3.8) is 0 Å². The average Bonchev–Trinajstić information content (AvgIpc) is 2.37. The molecular weight excluding hydrogens is 278 g/mol. The van der Waals surface area contributed by atoms with E-state index in [1.54, 1.807) is 6.92 Å². The fourth-order valence-electron chi connectivity index (χ4n) is 1.59. The first kappa shape index (κ1) is 16.6. The summed E-state index contributed by atoms with van der Waals surface area (Å²) in [6.45, 7) is 5.32. The number of aryl methyl sites for hydroxylation is 1. The van der Waals surface area contributed by atoms with E-state index in [0.717, 1.165) is 0 Å². The Balaban J connectivity index is 3.18. The summed E-state index contributed by atoms with van der Waals surface area (Å²) < 4.78 is 15.0. The van der Waals surface area contributed by atoms with E-state index in [1.807, 2.05) is 0 Å². The summed E-state index contributed by atoms with van der Waals surface area (Å²) >= 11 is 0. The molecule has 1 rings (SSSR count). The van der Waals surface area contributed by atoms with E-state index in [0.29, 0.717) is 16.8 Å². The molecule has 0 aliphatic rings. The SMILES string of the molecule is CC(=O)OCc1cnc(C)c(OC(C)=O)c1COC(C)=O. The van der Waals surface area contributed by atoms with E-state index in [-0.39, 0.29) is 19.0 Å². The highest BCUT2D eigenvalue weighted by Crippen LogP contribution is 2.27. The summed E-state index contributed by atoms with van der Waals surface area (Å²) in [5, 5.41) is 0. The lowest BCUT2D eigenvalue weighted by molar-refractivity contribution is -0.144. The van der Waals surface area contributed by atoms with Crippen LogP contribution in [0.1, 0.15) is 37.6 Å². The number of hydrogen-bond acceptors (Lipinski definition) is 7. The van der Waals surface area contributed by atoms with Crippen LogP contribution in [-0.4, -0.2) is 22.9 Å². The topological polar surface area (TPSA) is 91.8 Å². The number of pyridine rings is 1. The van der Waals surface area contributed by atoms with Crippen LogP contribution in [0.25, 0.3) is 0 Å². The predicted octanol–water partition coefficient (Wildman–Crippen LogP) is 1.44. The maximum Gasteiger partial charge on any atom is 0.308 e. The zero-order valence-corrected chi connectivity index (χ0v) is 12.4. The molecule has 7 heteroatoms. The van der Waals surface area contributed by atoms with Gasteiger partial charge in [-0.25, -0.2) is 0 Å². The third-order valence-corrected chi connectivity index (χ3v) is 2.50. The predicted molar refractivity (Wildman–Crippen MR) is 71.2 cm³/mol. The molecule has 0 spiro atoms. The Morgan fingerprint density at radius 3 is 2.10 bits per heavy atom. The van der Waals surface area contributed by atoms with Gasteiger partial charge < -0.3 is 14.2 Å². The molecule has 1 heterocycles. The van der Waals surface area contributed by atoms with Crippen molar-refractivity contribution in [2.24, 2.45) is 0 Å². The van der Waals surface area contributed by atoms with Gasteiger partial charge in [-0.2, -0.15) is 0 Å². The molecule has 1 aromatic rings. The summed E-state index contributed by atoms with van der Waals surface area (Å²) in [4.78, 5) is 37.2. The molecule has 0 radical (unpaired) electrons. The van der Waals surface area contributed by atoms with Gasteiger partial charge in [0.25, 0.3) is 0 Å². The van der Waals surface area contributed by atoms with Gasteiger partial charge in [0.2, 0.25) is 0 Å². The van der Waals surface area contributed by atoms with E-state index in [9.17, 15) is 14.4 Å². The monoisotopic (exact) mass is 295 g/mol. The number of nitrogens with zero attached hydrogens (tertiary/aromatic N) is 1. The van der Waals surface area contributed by atoms with E-state index in [2.05, 4.69) is 4.98 Å². The molecule has 0 saturated carbocycles. The minimum atomic E-state index is -0.520. The summed E-state index contributed by atoms with van der Waals surface area (Å²) in [6.07, 6.45) is 1.49. The van der Waals surface area contributed by atoms with E-state index < -0.39 is 17.9 Å². The van der Waals surface area contributed by atoms with Crippen LogP contribution in [0.4, 0.5) is 0 Å². The Hall–Kier alpha value is -2.44. The first-order valence-corrected chi connectivity index (χ1v) is 6.23. The van der Waals surface area contributed by atoms with Crippen molar-refractivity contribution >= 4 is 17.9 Å². The average molecular weight is 295 g/mol. The molecule has 21 heavy (non-hydrogen) atoms. The third kappa shape index (κ3) is 5.21. The number of aromatic nitrogens is 1. The molecule has 0 bridgehead atoms. The van der Waals surface area contributed by atoms with Crippen molar-refractivity contribution in [2.45, 2.75) is 40.9 Å². The molecule has 0 N–H and O–H groups in total. The third-order valence-electron chi connectivity index (χ3n) is 2.50. The fraction of sp³-hybridized carbons (Fsp3) is 0.429. The summed E-state index contributed by atoms with van der Waals surface area (Å²) in [5.74, 6) is -1.23. The summed E-state index contributed by atoms with van der Waals surface area (Å²) in [7, 11) is 0. The first-order chi connectivity index (χ1) is 9.81. The molecule has 0 unspecified atom stereocenters. The quantitative estimate of drug-likeness (QED) is 0.759. The van der Waals surface area contributed by atoms with Crippen molar-refractivity contribution in [3.05, 3.63) is 23.0 Å². The Labute approximate surface area is 122 Å². The molecule has 114 valence electrons. The van der Waals surface area contributed by atoms with E-state index in [1.165, 1.54) is 27.0 Å². The van der Waals surface area contributed by atoms with Gasteiger partial charge in [-0.15, -0.1) is 0 Å². The Kier molecular flexibility index (Phi) is 5.83. The smallest absolute Gasteiger partial charge is 0.308 e. The maximum absolute atomic E-state index is 11.2. The number of carbonyl (C=O) groups excluding carboxylic acids is 3. The molecule has 0 amide bonds. The number of esters is 3. The maximum atomic E-state index is 11.2. The Morgan fingerprint density at radius 2 is 1.57 bits per heavy atom. The highest BCUT2D eigenvalue weighted by atomic mass is 16.5. The van der Waals surface area contributed by atoms with E-state index >= 15 is 0 Å². The van der Waals surface area contributed by atoms with Gasteiger partial charge in [0.1, 0.15) is 13.2 Å². The van der Waals surface area contributed by atoms with Crippen LogP contribution < -0.4 is 4.74 Å². The molecule has 0 aliphatic carbocycles. The summed E-state index contributed by atoms with van der Waals surface area (Å²) in [5.41, 5.74) is 1.43. The molecule has 0 aliphatic heterocycles. The molecule has 0 atom stereocenters. The van der Waals surface area contributed by atoms with Crippen LogP contribution in [0.15, 0.2) is 6.20 Å². The van der Waals surface area contributed by atoms with Gasteiger partial charge in [0, 0.05) is 38.1 Å². The van der Waals surface area contributed by atoms with Gasteiger partial charge in [-0.3, -0.25) is 19.4 Å². The van der Waals surface area contributed by atoms with Crippen LogP contribution >= 0.6 is 0 Å². The fourth-order valence-corrected chi connectivity index (χ4v) is 1.59. The van der Waals surface area contributed by atoms with Gasteiger partial charge >= 0.3 is 17.9 Å². The van der Waals surface area contributed by atoms with Crippen LogP contribution in [0, 0.1) is 6.92 Å². The minimum Gasteiger partial charge on any atom is -0.461 e. The summed E-state index contributed by atoms with van der Waals surface area (Å²) in [6, 6.07) is 0. The molecule has 7 nitrogen and oxygen atoms in total. The zero-order valence-electron chi connectivity index (χ0n) is 12.4. The van der Waals surface area contributed by atoms with Crippen LogP contribution in [0.2, 0.25) is 0 Å². The standard InChI is InChI=1S/C14H17NO6/c1-8-14(21-11(4)18)13(7-20-10(3)17)12(5-15-8)6-19-9(2)16/h5H,6-7H2,1-4H3. The van der Waals surface area contributed by atoms with Crippen LogP contribution in [0.5, 0.6) is 5.75 Å². The zero-order chi connectivity index (χ0) is 16.0. The van der Waals surface area contributed by atoms with Gasteiger partial charge in [-0.05, 0) is 6.92 Å². The second-order valence-electron chi connectivity index (χ2n) is 4.33. The highest BCUT2D eigenvalue weighted by molar-refractivity contribution is 5.71. The Bertz CT molecular complexity index is 567. The largest absolute Gasteiger partial charge is 0.461 e. The van der Waals surface area contributed by atoms with Gasteiger partial charge in [-0.1, -0.05) is 0 Å². The minimum absolute atomic E-state index is 0.0481. The van der Waals surface area contributed by atoms with Crippen LogP contribution in [0.3, 0.4) is 0 Å². The lowest BCUT2D eigenvalue weighted by atomic mass is 10.1. The normalized spacial score (nSPS) is 9.90. The molecular formula is C14H17NO6. The van der Waals surface area contributed by atoms with Gasteiger partial charge in [0.15, 0.2) is 5.75 Å². The van der Waals surface area contributed by atoms with Crippen molar-refractivity contribution in [3.8, 4) is 5.75 Å². The second kappa shape index (κ2) is 7.37. The second-order valence-corrected chi connectivity index (χ2v) is 4.33. The lowest BCUT2D eigenvalue weighted by Crippen LogP contribution is -2.12. The van der Waals surface area contributed by atoms with Crippen molar-refractivity contribution in [2.75, 3.05) is 0 Å². The van der Waals surface area contributed by atoms with Gasteiger partial charge in [0.05, 0.1) is 5.69 Å². The van der Waals surface area contributed by atoms with E-state index in [4.69, 9.17) is 14.2 Å². The number of hydrogen-bond donors (Lipinski definition) is 0. The molecule has 0 aromatic carbocycles. The lowest BCUT2D eigenvalue weighted by Gasteiger charge is -2.15. The van der Waals surface area contributed by atoms with Crippen LogP contribution in [-0.2, 0) is 37.1 Å².